The topological polar surface area (TPSA) is 68.1 Å². The van der Waals surface area contributed by atoms with Crippen LogP contribution in [0.3, 0.4) is 0 Å². The minimum absolute atomic E-state index is 0.00102. The molecule has 2 rings (SSSR count). The highest BCUT2D eigenvalue weighted by atomic mass is 35.5. The lowest BCUT2D eigenvalue weighted by atomic mass is 10.1. The van der Waals surface area contributed by atoms with Crippen LogP contribution in [0.15, 0.2) is 36.5 Å². The van der Waals surface area contributed by atoms with Crippen molar-refractivity contribution in [2.45, 2.75) is 13.3 Å². The van der Waals surface area contributed by atoms with Gasteiger partial charge in [0, 0.05) is 23.8 Å². The van der Waals surface area contributed by atoms with Crippen LogP contribution in [0.1, 0.15) is 11.1 Å². The van der Waals surface area contributed by atoms with Crippen LogP contribution in [0, 0.1) is 17.0 Å². The van der Waals surface area contributed by atoms with E-state index in [0.29, 0.717) is 17.4 Å². The van der Waals surface area contributed by atoms with Crippen LogP contribution in [0.25, 0.3) is 0 Å². The van der Waals surface area contributed by atoms with E-state index in [4.69, 9.17) is 11.6 Å². The zero-order valence-corrected chi connectivity index (χ0v) is 11.7. The van der Waals surface area contributed by atoms with Crippen LogP contribution < -0.4 is 5.32 Å². The Balaban J connectivity index is 2.00. The van der Waals surface area contributed by atoms with Crippen LogP contribution in [0.4, 0.5) is 11.5 Å². The van der Waals surface area contributed by atoms with E-state index in [1.165, 1.54) is 6.07 Å². The Morgan fingerprint density at radius 2 is 2.05 bits per heavy atom. The molecule has 0 atom stereocenters. The quantitative estimate of drug-likeness (QED) is 0.675. The molecule has 0 aliphatic carbocycles. The Kier molecular flexibility index (Phi) is 4.53. The molecule has 20 heavy (non-hydrogen) atoms. The van der Waals surface area contributed by atoms with Gasteiger partial charge < -0.3 is 5.32 Å². The van der Waals surface area contributed by atoms with Gasteiger partial charge in [-0.2, -0.15) is 0 Å². The fourth-order valence-corrected chi connectivity index (χ4v) is 1.93. The molecule has 1 aromatic heterocycles. The maximum Gasteiger partial charge on any atom is 0.311 e. The van der Waals surface area contributed by atoms with Gasteiger partial charge in [-0.1, -0.05) is 23.7 Å². The molecule has 0 unspecified atom stereocenters. The largest absolute Gasteiger partial charge is 0.364 e. The van der Waals surface area contributed by atoms with Crippen molar-refractivity contribution in [3.63, 3.8) is 0 Å². The van der Waals surface area contributed by atoms with Crippen LogP contribution in [-0.4, -0.2) is 16.5 Å². The molecule has 1 heterocycles. The third-order valence-electron chi connectivity index (χ3n) is 2.82. The summed E-state index contributed by atoms with van der Waals surface area (Å²) in [6, 6.07) is 9.02. The molecule has 6 heteroatoms. The van der Waals surface area contributed by atoms with Crippen molar-refractivity contribution in [2.75, 3.05) is 11.9 Å². The predicted molar refractivity (Wildman–Crippen MR) is 79.3 cm³/mol. The van der Waals surface area contributed by atoms with Gasteiger partial charge in [0.1, 0.15) is 0 Å². The van der Waals surface area contributed by atoms with Gasteiger partial charge in [-0.25, -0.2) is 4.98 Å². The summed E-state index contributed by atoms with van der Waals surface area (Å²) in [7, 11) is 0. The molecule has 1 aromatic carbocycles. The van der Waals surface area contributed by atoms with Gasteiger partial charge in [0.2, 0.25) is 5.82 Å². The number of halogens is 1. The SMILES string of the molecule is Cc1cnc(NCCc2ccc(Cl)cc2)c([N+](=O)[O-])c1. The standard InChI is InChI=1S/C14H14ClN3O2/c1-10-8-13(18(19)20)14(17-9-10)16-7-6-11-2-4-12(15)5-3-11/h2-5,8-9H,6-7H2,1H3,(H,16,17). The van der Waals surface area contributed by atoms with Gasteiger partial charge in [-0.3, -0.25) is 10.1 Å². The van der Waals surface area contributed by atoms with E-state index >= 15 is 0 Å². The first-order chi connectivity index (χ1) is 9.56. The smallest absolute Gasteiger partial charge is 0.311 e. The molecule has 0 aliphatic heterocycles. The van der Waals surface area contributed by atoms with E-state index in [0.717, 1.165) is 17.5 Å². The Hall–Kier alpha value is -2.14. The van der Waals surface area contributed by atoms with E-state index in [2.05, 4.69) is 10.3 Å². The van der Waals surface area contributed by atoms with Crippen LogP contribution in [-0.2, 0) is 6.42 Å². The van der Waals surface area contributed by atoms with E-state index in [-0.39, 0.29) is 5.69 Å². The zero-order chi connectivity index (χ0) is 14.5. The van der Waals surface area contributed by atoms with Gasteiger partial charge in [-0.15, -0.1) is 0 Å². The summed E-state index contributed by atoms with van der Waals surface area (Å²) in [5, 5.41) is 14.6. The Bertz CT molecular complexity index is 614. The van der Waals surface area contributed by atoms with Crippen molar-refractivity contribution in [2.24, 2.45) is 0 Å². The summed E-state index contributed by atoms with van der Waals surface area (Å²) < 4.78 is 0. The molecule has 0 radical (unpaired) electrons. The molecule has 0 aliphatic rings. The van der Waals surface area contributed by atoms with Crippen LogP contribution in [0.5, 0.6) is 0 Å². The third-order valence-corrected chi connectivity index (χ3v) is 3.07. The van der Waals surface area contributed by atoms with E-state index in [1.807, 2.05) is 24.3 Å². The number of pyridine rings is 1. The number of rotatable bonds is 5. The van der Waals surface area contributed by atoms with Gasteiger partial charge in [0.25, 0.3) is 0 Å². The molecular formula is C14H14ClN3O2. The van der Waals surface area contributed by atoms with E-state index < -0.39 is 4.92 Å². The molecule has 0 bridgehead atoms. The lowest BCUT2D eigenvalue weighted by Crippen LogP contribution is -2.08. The summed E-state index contributed by atoms with van der Waals surface area (Å²) in [5.41, 5.74) is 1.87. The first kappa shape index (κ1) is 14.3. The van der Waals surface area contributed by atoms with E-state index in [1.54, 1.807) is 13.1 Å². The second kappa shape index (κ2) is 6.34. The molecule has 5 nitrogen and oxygen atoms in total. The highest BCUT2D eigenvalue weighted by Crippen LogP contribution is 2.22. The monoisotopic (exact) mass is 291 g/mol. The van der Waals surface area contributed by atoms with Crippen molar-refractivity contribution in [1.82, 2.24) is 4.98 Å². The van der Waals surface area contributed by atoms with Gasteiger partial charge in [0.05, 0.1) is 4.92 Å². The Morgan fingerprint density at radius 3 is 2.70 bits per heavy atom. The number of hydrogen-bond donors (Lipinski definition) is 1. The van der Waals surface area contributed by atoms with E-state index in [9.17, 15) is 10.1 Å². The summed E-state index contributed by atoms with van der Waals surface area (Å²) in [5.74, 6) is 0.301. The summed E-state index contributed by atoms with van der Waals surface area (Å²) in [4.78, 5) is 14.6. The maximum atomic E-state index is 11.0. The Morgan fingerprint density at radius 1 is 1.35 bits per heavy atom. The molecule has 0 fully saturated rings. The van der Waals surface area contributed by atoms with Gasteiger partial charge in [0.15, 0.2) is 0 Å². The predicted octanol–water partition coefficient (Wildman–Crippen LogP) is 3.61. The highest BCUT2D eigenvalue weighted by Gasteiger charge is 2.14. The molecule has 1 N–H and O–H groups in total. The van der Waals surface area contributed by atoms with Crippen molar-refractivity contribution >= 4 is 23.1 Å². The average molecular weight is 292 g/mol. The van der Waals surface area contributed by atoms with Crippen molar-refractivity contribution in [1.29, 1.82) is 0 Å². The minimum atomic E-state index is -0.426. The highest BCUT2D eigenvalue weighted by molar-refractivity contribution is 6.30. The summed E-state index contributed by atoms with van der Waals surface area (Å²) in [6.45, 7) is 2.34. The number of hydrogen-bond acceptors (Lipinski definition) is 4. The average Bonchev–Trinajstić information content (AvgIpc) is 2.42. The molecular weight excluding hydrogens is 278 g/mol. The second-order valence-electron chi connectivity index (χ2n) is 4.44. The number of aryl methyl sites for hydroxylation is 1. The van der Waals surface area contributed by atoms with Gasteiger partial charge >= 0.3 is 5.69 Å². The number of anilines is 1. The number of aromatic nitrogens is 1. The first-order valence-corrected chi connectivity index (χ1v) is 6.53. The lowest BCUT2D eigenvalue weighted by Gasteiger charge is -2.07. The zero-order valence-electron chi connectivity index (χ0n) is 11.0. The fraction of sp³-hybridized carbons (Fsp3) is 0.214. The van der Waals surface area contributed by atoms with Crippen LogP contribution >= 0.6 is 11.6 Å². The molecule has 104 valence electrons. The number of nitro groups is 1. The van der Waals surface area contributed by atoms with Gasteiger partial charge in [-0.05, 0) is 36.6 Å². The van der Waals surface area contributed by atoms with Crippen molar-refractivity contribution in [3.8, 4) is 0 Å². The molecule has 0 saturated heterocycles. The molecule has 2 aromatic rings. The molecule has 0 saturated carbocycles. The third kappa shape index (κ3) is 3.68. The van der Waals surface area contributed by atoms with Crippen LogP contribution in [0.2, 0.25) is 5.02 Å². The maximum absolute atomic E-state index is 11.0. The second-order valence-corrected chi connectivity index (χ2v) is 4.88. The first-order valence-electron chi connectivity index (χ1n) is 6.15. The van der Waals surface area contributed by atoms with Crippen molar-refractivity contribution < 1.29 is 4.92 Å². The normalized spacial score (nSPS) is 10.3. The lowest BCUT2D eigenvalue weighted by molar-refractivity contribution is -0.384. The minimum Gasteiger partial charge on any atom is -0.364 e. The summed E-state index contributed by atoms with van der Waals surface area (Å²) in [6.07, 6.45) is 2.35. The number of nitrogens with zero attached hydrogens (tertiary/aromatic N) is 2. The number of benzene rings is 1. The fourth-order valence-electron chi connectivity index (χ4n) is 1.81. The van der Waals surface area contributed by atoms with Crippen molar-refractivity contribution in [3.05, 3.63) is 62.8 Å². The Labute approximate surface area is 121 Å². The summed E-state index contributed by atoms with van der Waals surface area (Å²) >= 11 is 5.81. The molecule has 0 spiro atoms. The number of nitrogens with one attached hydrogen (secondary N) is 1. The molecule has 0 amide bonds.